The highest BCUT2D eigenvalue weighted by atomic mass is 32.1. The summed E-state index contributed by atoms with van der Waals surface area (Å²) >= 11 is 1.06. The molecule has 1 aromatic heterocycles. The van der Waals surface area contributed by atoms with Gasteiger partial charge in [0.2, 0.25) is 0 Å². The first-order valence-corrected chi connectivity index (χ1v) is 5.77. The number of aliphatic hydroxyl groups is 1. The summed E-state index contributed by atoms with van der Waals surface area (Å²) in [6.07, 6.45) is 1.45. The van der Waals surface area contributed by atoms with Gasteiger partial charge in [-0.1, -0.05) is 11.3 Å². The Hall–Kier alpha value is -1.33. The molecule has 0 aliphatic heterocycles. The van der Waals surface area contributed by atoms with Crippen LogP contribution in [-0.4, -0.2) is 18.8 Å². The van der Waals surface area contributed by atoms with E-state index < -0.39 is 0 Å². The van der Waals surface area contributed by atoms with Crippen molar-refractivity contribution in [3.63, 3.8) is 0 Å². The van der Waals surface area contributed by atoms with Gasteiger partial charge in [-0.2, -0.15) is 0 Å². The van der Waals surface area contributed by atoms with E-state index in [1.165, 1.54) is 0 Å². The normalized spacial score (nSPS) is 10.9. The van der Waals surface area contributed by atoms with Gasteiger partial charge in [-0.3, -0.25) is 0 Å². The number of benzene rings is 1. The zero-order valence-electron chi connectivity index (χ0n) is 8.86. The van der Waals surface area contributed by atoms with Crippen molar-refractivity contribution >= 4 is 21.6 Å². The molecule has 5 heteroatoms. The first-order valence-electron chi connectivity index (χ1n) is 4.96. The molecule has 0 radical (unpaired) electrons. The van der Waals surface area contributed by atoms with Crippen molar-refractivity contribution in [3.05, 3.63) is 27.4 Å². The maximum Gasteiger partial charge on any atom is 0.396 e. The van der Waals surface area contributed by atoms with E-state index in [2.05, 4.69) is 0 Å². The second-order valence-electron chi connectivity index (χ2n) is 3.41. The van der Waals surface area contributed by atoms with Gasteiger partial charge < -0.3 is 14.3 Å². The minimum Gasteiger partial charge on any atom is -0.493 e. The van der Waals surface area contributed by atoms with Gasteiger partial charge >= 0.3 is 4.94 Å². The zero-order chi connectivity index (χ0) is 11.5. The maximum absolute atomic E-state index is 11.1. The lowest BCUT2D eigenvalue weighted by Crippen LogP contribution is -1.91. The van der Waals surface area contributed by atoms with Crippen LogP contribution < -0.4 is 9.68 Å². The predicted molar refractivity (Wildman–Crippen MR) is 62.3 cm³/mol. The summed E-state index contributed by atoms with van der Waals surface area (Å²) in [5.74, 6) is 0.573. The first kappa shape index (κ1) is 11.2. The van der Waals surface area contributed by atoms with Crippen LogP contribution in [0.3, 0.4) is 0 Å². The van der Waals surface area contributed by atoms with E-state index in [1.54, 1.807) is 7.11 Å². The van der Waals surface area contributed by atoms with Crippen LogP contribution in [0.25, 0.3) is 10.3 Å². The highest BCUT2D eigenvalue weighted by Gasteiger charge is 2.10. The molecule has 86 valence electrons. The Morgan fingerprint density at radius 3 is 3.00 bits per heavy atom. The first-order chi connectivity index (χ1) is 7.74. The van der Waals surface area contributed by atoms with Crippen molar-refractivity contribution < 1.29 is 14.3 Å². The number of hydrogen-bond donors (Lipinski definition) is 1. The minimum absolute atomic E-state index is 0.155. The standard InChI is InChI=1S/C11H12O4S/c1-14-8-5-7(3-2-4-12)6-9-10(8)15-11(13)16-9/h5-6,12H,2-4H2,1H3. The average molecular weight is 240 g/mol. The van der Waals surface area contributed by atoms with Crippen LogP contribution in [0.1, 0.15) is 12.0 Å². The SMILES string of the molecule is COc1cc(CCCO)cc2sc(=O)oc12. The van der Waals surface area contributed by atoms with Crippen LogP contribution in [-0.2, 0) is 6.42 Å². The molecule has 0 saturated heterocycles. The molecule has 0 spiro atoms. The van der Waals surface area contributed by atoms with Gasteiger partial charge in [0.25, 0.3) is 0 Å². The molecule has 4 nitrogen and oxygen atoms in total. The molecule has 0 amide bonds. The lowest BCUT2D eigenvalue weighted by molar-refractivity contribution is 0.288. The Balaban J connectivity index is 2.49. The molecular formula is C11H12O4S. The lowest BCUT2D eigenvalue weighted by atomic mass is 10.1. The molecule has 0 aliphatic carbocycles. The van der Waals surface area contributed by atoms with Gasteiger partial charge in [0.15, 0.2) is 11.3 Å². The Labute approximate surface area is 96.1 Å². The highest BCUT2D eigenvalue weighted by Crippen LogP contribution is 2.29. The van der Waals surface area contributed by atoms with Crippen molar-refractivity contribution in [3.8, 4) is 5.75 Å². The molecule has 1 N–H and O–H groups in total. The van der Waals surface area contributed by atoms with E-state index in [4.69, 9.17) is 14.3 Å². The van der Waals surface area contributed by atoms with Crippen molar-refractivity contribution in [2.24, 2.45) is 0 Å². The molecule has 2 aromatic rings. The van der Waals surface area contributed by atoms with E-state index in [9.17, 15) is 4.79 Å². The molecule has 0 saturated carbocycles. The smallest absolute Gasteiger partial charge is 0.396 e. The number of aryl methyl sites for hydroxylation is 1. The lowest BCUT2D eigenvalue weighted by Gasteiger charge is -2.04. The summed E-state index contributed by atoms with van der Waals surface area (Å²) in [5, 5.41) is 8.77. The van der Waals surface area contributed by atoms with Crippen LogP contribution in [0.5, 0.6) is 5.75 Å². The Morgan fingerprint density at radius 2 is 2.31 bits per heavy atom. The van der Waals surface area contributed by atoms with Gasteiger partial charge in [-0.25, -0.2) is 4.79 Å². The molecule has 0 atom stereocenters. The largest absolute Gasteiger partial charge is 0.493 e. The zero-order valence-corrected chi connectivity index (χ0v) is 9.67. The summed E-state index contributed by atoms with van der Waals surface area (Å²) in [6.45, 7) is 0.155. The molecule has 0 bridgehead atoms. The van der Waals surface area contributed by atoms with Crippen LogP contribution in [0, 0.1) is 0 Å². The molecule has 1 aromatic carbocycles. The average Bonchev–Trinajstić information content (AvgIpc) is 2.65. The monoisotopic (exact) mass is 240 g/mol. The second-order valence-corrected chi connectivity index (χ2v) is 4.38. The van der Waals surface area contributed by atoms with Crippen molar-refractivity contribution in [1.82, 2.24) is 0 Å². The summed E-state index contributed by atoms with van der Waals surface area (Å²) < 4.78 is 11.0. The Bertz CT molecular complexity index is 540. The number of fused-ring (bicyclic) bond motifs is 1. The van der Waals surface area contributed by atoms with Gasteiger partial charge in [-0.15, -0.1) is 0 Å². The van der Waals surface area contributed by atoms with Crippen LogP contribution in [0.4, 0.5) is 0 Å². The van der Waals surface area contributed by atoms with E-state index in [1.807, 2.05) is 12.1 Å². The van der Waals surface area contributed by atoms with Gasteiger partial charge in [0.1, 0.15) is 0 Å². The fourth-order valence-electron chi connectivity index (χ4n) is 1.58. The van der Waals surface area contributed by atoms with Gasteiger partial charge in [0, 0.05) is 6.61 Å². The third-order valence-corrected chi connectivity index (χ3v) is 3.08. The second kappa shape index (κ2) is 4.67. The Morgan fingerprint density at radius 1 is 1.50 bits per heavy atom. The number of rotatable bonds is 4. The summed E-state index contributed by atoms with van der Waals surface area (Å²) in [4.78, 5) is 10.8. The molecule has 0 unspecified atom stereocenters. The number of ether oxygens (including phenoxy) is 1. The number of hydrogen-bond acceptors (Lipinski definition) is 5. The fourth-order valence-corrected chi connectivity index (χ4v) is 2.33. The third-order valence-electron chi connectivity index (χ3n) is 2.30. The van der Waals surface area contributed by atoms with E-state index in [0.717, 1.165) is 28.0 Å². The van der Waals surface area contributed by atoms with Gasteiger partial charge in [0.05, 0.1) is 11.8 Å². The predicted octanol–water partition coefficient (Wildman–Crippen LogP) is 1.79. The van der Waals surface area contributed by atoms with E-state index in [0.29, 0.717) is 17.8 Å². The van der Waals surface area contributed by atoms with E-state index in [-0.39, 0.29) is 11.5 Å². The molecule has 0 fully saturated rings. The number of methoxy groups -OCH3 is 1. The topological polar surface area (TPSA) is 59.7 Å². The highest BCUT2D eigenvalue weighted by molar-refractivity contribution is 7.16. The van der Waals surface area contributed by atoms with Crippen molar-refractivity contribution in [2.75, 3.05) is 13.7 Å². The fraction of sp³-hybridized carbons (Fsp3) is 0.364. The summed E-state index contributed by atoms with van der Waals surface area (Å²) in [6, 6.07) is 3.75. The van der Waals surface area contributed by atoms with E-state index >= 15 is 0 Å². The Kier molecular flexibility index (Phi) is 3.26. The molecule has 2 rings (SSSR count). The van der Waals surface area contributed by atoms with Crippen LogP contribution >= 0.6 is 11.3 Å². The summed E-state index contributed by atoms with van der Waals surface area (Å²) in [5.41, 5.74) is 1.54. The van der Waals surface area contributed by atoms with Crippen molar-refractivity contribution in [2.45, 2.75) is 12.8 Å². The molecule has 16 heavy (non-hydrogen) atoms. The molecule has 0 aliphatic rings. The quantitative estimate of drug-likeness (QED) is 0.885. The summed E-state index contributed by atoms with van der Waals surface area (Å²) in [7, 11) is 1.54. The van der Waals surface area contributed by atoms with Crippen LogP contribution in [0.2, 0.25) is 0 Å². The molecule has 1 heterocycles. The van der Waals surface area contributed by atoms with Crippen molar-refractivity contribution in [1.29, 1.82) is 0 Å². The number of aliphatic hydroxyl groups excluding tert-OH is 1. The van der Waals surface area contributed by atoms with Gasteiger partial charge in [-0.05, 0) is 30.5 Å². The molecular weight excluding hydrogens is 228 g/mol. The van der Waals surface area contributed by atoms with Crippen LogP contribution in [0.15, 0.2) is 21.3 Å². The minimum atomic E-state index is -0.326. The maximum atomic E-state index is 11.1. The third kappa shape index (κ3) is 2.10.